The lowest BCUT2D eigenvalue weighted by Gasteiger charge is -2.08. The number of carbonyl (C=O) groups is 3. The van der Waals surface area contributed by atoms with E-state index in [0.717, 1.165) is 0 Å². The van der Waals surface area contributed by atoms with Gasteiger partial charge >= 0.3 is 0 Å². The minimum Gasteiger partial charge on any atom is -0.484 e. The molecule has 0 spiro atoms. The van der Waals surface area contributed by atoms with Gasteiger partial charge in [0.25, 0.3) is 11.8 Å². The van der Waals surface area contributed by atoms with Crippen molar-refractivity contribution < 1.29 is 28.0 Å². The van der Waals surface area contributed by atoms with Crippen LogP contribution in [-0.2, 0) is 16.1 Å². The van der Waals surface area contributed by atoms with Gasteiger partial charge in [-0.3, -0.25) is 19.7 Å². The maximum Gasteiger partial charge on any atom is 0.291 e. The molecule has 3 aromatic heterocycles. The van der Waals surface area contributed by atoms with Crippen molar-refractivity contribution in [2.24, 2.45) is 0 Å². The van der Waals surface area contributed by atoms with Crippen LogP contribution in [0.5, 0.6) is 5.75 Å². The van der Waals surface area contributed by atoms with Gasteiger partial charge in [-0.1, -0.05) is 6.07 Å². The second kappa shape index (κ2) is 10.5. The third-order valence-electron chi connectivity index (χ3n) is 4.38. The van der Waals surface area contributed by atoms with Gasteiger partial charge < -0.3 is 24.2 Å². The summed E-state index contributed by atoms with van der Waals surface area (Å²) in [5.74, 6) is 0.794. The summed E-state index contributed by atoms with van der Waals surface area (Å²) in [6, 6.07) is 13.3. The van der Waals surface area contributed by atoms with E-state index < -0.39 is 11.8 Å². The van der Waals surface area contributed by atoms with Crippen molar-refractivity contribution in [1.29, 1.82) is 0 Å². The van der Waals surface area contributed by atoms with Crippen LogP contribution in [0.3, 0.4) is 0 Å². The SMILES string of the molecule is CC(=O)NCc1ccc(-c2csc(NC(=O)COc3cccc(NC(=O)c4ccco4)c3)n2)o1. The number of furan rings is 2. The number of benzene rings is 1. The molecule has 4 aromatic rings. The Morgan fingerprint density at radius 2 is 1.97 bits per heavy atom. The molecular formula is C23H20N4O6S. The summed E-state index contributed by atoms with van der Waals surface area (Å²) in [7, 11) is 0. The van der Waals surface area contributed by atoms with Gasteiger partial charge in [0.2, 0.25) is 5.91 Å². The standard InChI is InChI=1S/C23H20N4O6S/c1-14(28)24-11-17-7-8-19(33-17)18-13-34-23(26-18)27-21(29)12-32-16-5-2-4-15(10-16)25-22(30)20-6-3-9-31-20/h2-10,13H,11-12H2,1H3,(H,24,28)(H,25,30)(H,26,27,29). The second-order valence-corrected chi connectivity index (χ2v) is 7.87. The molecule has 10 nitrogen and oxygen atoms in total. The van der Waals surface area contributed by atoms with E-state index in [2.05, 4.69) is 20.9 Å². The van der Waals surface area contributed by atoms with Crippen LogP contribution in [-0.4, -0.2) is 29.3 Å². The van der Waals surface area contributed by atoms with Crippen molar-refractivity contribution in [3.05, 3.63) is 71.7 Å². The number of anilines is 2. The van der Waals surface area contributed by atoms with Crippen molar-refractivity contribution in [3.8, 4) is 17.2 Å². The van der Waals surface area contributed by atoms with Crippen LogP contribution in [0.25, 0.3) is 11.5 Å². The summed E-state index contributed by atoms with van der Waals surface area (Å²) in [6.45, 7) is 1.47. The first-order valence-electron chi connectivity index (χ1n) is 10.1. The van der Waals surface area contributed by atoms with Crippen molar-refractivity contribution in [1.82, 2.24) is 10.3 Å². The summed E-state index contributed by atoms with van der Waals surface area (Å²) in [5, 5.41) is 10.2. The van der Waals surface area contributed by atoms with Crippen molar-refractivity contribution >= 4 is 39.9 Å². The molecule has 3 heterocycles. The van der Waals surface area contributed by atoms with Gasteiger partial charge in [0, 0.05) is 24.1 Å². The molecule has 3 N–H and O–H groups in total. The molecule has 0 radical (unpaired) electrons. The second-order valence-electron chi connectivity index (χ2n) is 7.01. The maximum atomic E-state index is 12.3. The summed E-state index contributed by atoms with van der Waals surface area (Å²) in [5.41, 5.74) is 1.07. The number of nitrogens with zero attached hydrogens (tertiary/aromatic N) is 1. The zero-order valence-corrected chi connectivity index (χ0v) is 18.8. The fraction of sp³-hybridized carbons (Fsp3) is 0.130. The Bertz CT molecular complexity index is 1290. The van der Waals surface area contributed by atoms with Crippen LogP contribution in [0.4, 0.5) is 10.8 Å². The largest absolute Gasteiger partial charge is 0.484 e. The third-order valence-corrected chi connectivity index (χ3v) is 5.14. The number of ether oxygens (including phenoxy) is 1. The van der Waals surface area contributed by atoms with Gasteiger partial charge in [0.1, 0.15) is 17.2 Å². The number of thiazole rings is 1. The van der Waals surface area contributed by atoms with E-state index in [4.69, 9.17) is 13.6 Å². The topological polar surface area (TPSA) is 136 Å². The third kappa shape index (κ3) is 6.11. The maximum absolute atomic E-state index is 12.3. The van der Waals surface area contributed by atoms with Crippen LogP contribution in [0.2, 0.25) is 0 Å². The van der Waals surface area contributed by atoms with E-state index in [1.165, 1.54) is 24.5 Å². The average Bonchev–Trinajstić information content (AvgIpc) is 3.58. The first-order valence-corrected chi connectivity index (χ1v) is 11.0. The minimum absolute atomic E-state index is 0.149. The Kier molecular flexibility index (Phi) is 7.04. The first-order chi connectivity index (χ1) is 16.5. The van der Waals surface area contributed by atoms with Crippen LogP contribution in [0, 0.1) is 0 Å². The number of nitrogens with one attached hydrogen (secondary N) is 3. The number of aromatic nitrogens is 1. The Hall–Kier alpha value is -4.38. The molecule has 4 rings (SSSR count). The predicted molar refractivity (Wildman–Crippen MR) is 125 cm³/mol. The Balaban J connectivity index is 1.28. The molecule has 0 unspecified atom stereocenters. The van der Waals surface area contributed by atoms with Crippen molar-refractivity contribution in [2.75, 3.05) is 17.2 Å². The van der Waals surface area contributed by atoms with Crippen LogP contribution in [0.1, 0.15) is 23.2 Å². The molecular weight excluding hydrogens is 460 g/mol. The van der Waals surface area contributed by atoms with Gasteiger partial charge in [-0.25, -0.2) is 4.98 Å². The predicted octanol–water partition coefficient (Wildman–Crippen LogP) is 3.90. The number of hydrogen-bond donors (Lipinski definition) is 3. The van der Waals surface area contributed by atoms with E-state index in [1.807, 2.05) is 0 Å². The Morgan fingerprint density at radius 3 is 2.76 bits per heavy atom. The van der Waals surface area contributed by atoms with Crippen molar-refractivity contribution in [2.45, 2.75) is 13.5 Å². The molecule has 0 saturated heterocycles. The number of hydrogen-bond acceptors (Lipinski definition) is 8. The molecule has 1 aromatic carbocycles. The summed E-state index contributed by atoms with van der Waals surface area (Å²) in [6.07, 6.45) is 1.42. The molecule has 0 aliphatic carbocycles. The minimum atomic E-state index is -0.392. The lowest BCUT2D eigenvalue weighted by atomic mass is 10.3. The van der Waals surface area contributed by atoms with E-state index >= 15 is 0 Å². The zero-order chi connectivity index (χ0) is 23.9. The molecule has 0 atom stereocenters. The van der Waals surface area contributed by atoms with E-state index in [9.17, 15) is 14.4 Å². The highest BCUT2D eigenvalue weighted by Gasteiger charge is 2.13. The molecule has 34 heavy (non-hydrogen) atoms. The molecule has 0 bridgehead atoms. The Labute approximate surface area is 197 Å². The highest BCUT2D eigenvalue weighted by Crippen LogP contribution is 2.26. The highest BCUT2D eigenvalue weighted by atomic mass is 32.1. The Morgan fingerprint density at radius 1 is 1.09 bits per heavy atom. The van der Waals surface area contributed by atoms with Crippen LogP contribution < -0.4 is 20.7 Å². The molecule has 0 aliphatic heterocycles. The summed E-state index contributed by atoms with van der Waals surface area (Å²) in [4.78, 5) is 39.7. The summed E-state index contributed by atoms with van der Waals surface area (Å²) < 4.78 is 16.3. The van der Waals surface area contributed by atoms with Crippen LogP contribution in [0.15, 0.2) is 69.0 Å². The normalized spacial score (nSPS) is 10.5. The molecule has 0 aliphatic rings. The van der Waals surface area contributed by atoms with Gasteiger partial charge in [-0.15, -0.1) is 11.3 Å². The lowest BCUT2D eigenvalue weighted by molar-refractivity contribution is -0.119. The fourth-order valence-electron chi connectivity index (χ4n) is 2.83. The molecule has 3 amide bonds. The number of carbonyl (C=O) groups excluding carboxylic acids is 3. The number of amides is 3. The zero-order valence-electron chi connectivity index (χ0n) is 18.0. The fourth-order valence-corrected chi connectivity index (χ4v) is 3.55. The molecule has 174 valence electrons. The molecule has 0 saturated carbocycles. The van der Waals surface area contributed by atoms with Gasteiger partial charge in [-0.05, 0) is 36.4 Å². The van der Waals surface area contributed by atoms with E-state index in [0.29, 0.717) is 33.8 Å². The molecule has 0 fully saturated rings. The van der Waals surface area contributed by atoms with Crippen molar-refractivity contribution in [3.63, 3.8) is 0 Å². The van der Waals surface area contributed by atoms with Gasteiger partial charge in [-0.2, -0.15) is 0 Å². The molecule has 11 heteroatoms. The summed E-state index contributed by atoms with van der Waals surface area (Å²) >= 11 is 1.25. The average molecular weight is 481 g/mol. The van der Waals surface area contributed by atoms with Crippen LogP contribution >= 0.6 is 11.3 Å². The van der Waals surface area contributed by atoms with E-state index in [-0.39, 0.29) is 24.8 Å². The monoisotopic (exact) mass is 480 g/mol. The van der Waals surface area contributed by atoms with Gasteiger partial charge in [0.05, 0.1) is 12.8 Å². The first kappa shape index (κ1) is 22.8. The quantitative estimate of drug-likeness (QED) is 0.330. The highest BCUT2D eigenvalue weighted by molar-refractivity contribution is 7.14. The smallest absolute Gasteiger partial charge is 0.291 e. The lowest BCUT2D eigenvalue weighted by Crippen LogP contribution is -2.20. The van der Waals surface area contributed by atoms with Gasteiger partial charge in [0.15, 0.2) is 23.3 Å². The number of rotatable bonds is 9. The van der Waals surface area contributed by atoms with E-state index in [1.54, 1.807) is 53.9 Å².